The molecule has 5 N–H and O–H groups in total. The Morgan fingerprint density at radius 3 is 2.26 bits per heavy atom. The Morgan fingerprint density at radius 1 is 1.00 bits per heavy atom. The molecule has 0 unspecified atom stereocenters. The molecule has 1 aromatic carbocycles. The van der Waals surface area contributed by atoms with E-state index in [1.165, 1.54) is 25.8 Å². The molecular weight excluding hydrogens is 934 g/mol. The Balaban J connectivity index is 1.45. The second kappa shape index (κ2) is 25.1. The molecule has 5 rings (SSSR count). The van der Waals surface area contributed by atoms with E-state index in [9.17, 15) is 34.7 Å². The average Bonchev–Trinajstić information content (AvgIpc) is 3.81. The number of aromatic nitrogens is 3. The van der Waals surface area contributed by atoms with Gasteiger partial charge >= 0.3 is 5.97 Å². The van der Waals surface area contributed by atoms with Crippen LogP contribution in [0.3, 0.4) is 0 Å². The fourth-order valence-corrected chi connectivity index (χ4v) is 11.3. The summed E-state index contributed by atoms with van der Waals surface area (Å²) in [6.45, 7) is 17.5. The van der Waals surface area contributed by atoms with Crippen molar-refractivity contribution in [3.8, 4) is 12.3 Å². The van der Waals surface area contributed by atoms with Crippen molar-refractivity contribution in [1.29, 1.82) is 0 Å². The molecule has 3 aliphatic heterocycles. The van der Waals surface area contributed by atoms with Gasteiger partial charge in [0.15, 0.2) is 12.6 Å². The van der Waals surface area contributed by atoms with Gasteiger partial charge in [0.05, 0.1) is 47.2 Å². The molecule has 0 amide bonds. The molecule has 3 saturated heterocycles. The third-order valence-corrected chi connectivity index (χ3v) is 15.9. The molecule has 408 valence electrons. The Labute approximate surface area is 426 Å². The van der Waals surface area contributed by atoms with Crippen LogP contribution in [0.25, 0.3) is 0 Å². The summed E-state index contributed by atoms with van der Waals surface area (Å²) in [7, 11) is 6.71. The van der Waals surface area contributed by atoms with E-state index < -0.39 is 127 Å². The molecule has 20 atom stereocenters. The van der Waals surface area contributed by atoms with Gasteiger partial charge in [-0.2, -0.15) is 0 Å². The van der Waals surface area contributed by atoms with Gasteiger partial charge in [-0.3, -0.25) is 4.79 Å². The molecule has 3 aliphatic rings. The number of benzene rings is 1. The Hall–Kier alpha value is -3.20. The molecule has 0 bridgehead atoms. The van der Waals surface area contributed by atoms with Crippen LogP contribution in [0.1, 0.15) is 124 Å². The highest BCUT2D eigenvalue weighted by molar-refractivity contribution is 5.73. The molecule has 1 aromatic heterocycles. The van der Waals surface area contributed by atoms with Crippen LogP contribution in [-0.4, -0.2) is 195 Å². The van der Waals surface area contributed by atoms with E-state index >= 15 is 0 Å². The number of aliphatic hydroxyl groups excluding tert-OH is 3. The monoisotopic (exact) mass is 1020 g/mol. The van der Waals surface area contributed by atoms with Crippen LogP contribution >= 0.6 is 0 Å². The molecule has 0 spiro atoms. The van der Waals surface area contributed by atoms with Crippen LogP contribution in [0.4, 0.5) is 4.39 Å². The average molecular weight is 1020 g/mol. The molecule has 18 nitrogen and oxygen atoms in total. The third-order valence-electron chi connectivity index (χ3n) is 15.9. The maximum Gasteiger partial charge on any atom is 0.311 e. The predicted octanol–water partition coefficient (Wildman–Crippen LogP) is 3.98. The van der Waals surface area contributed by atoms with Gasteiger partial charge < -0.3 is 68.5 Å². The number of aliphatic hydroxyl groups is 5. The number of likely N-dealkylation sites (N-methyl/N-ethyl adjacent to an activating group) is 2. The predicted molar refractivity (Wildman–Crippen MR) is 266 cm³/mol. The lowest BCUT2D eigenvalue weighted by atomic mass is 9.77. The number of terminal acetylenes is 1. The van der Waals surface area contributed by atoms with E-state index in [0.717, 1.165) is 5.56 Å². The number of methoxy groups -OCH3 is 2. The molecule has 4 heterocycles. The van der Waals surface area contributed by atoms with Crippen LogP contribution in [-0.2, 0) is 44.4 Å². The summed E-state index contributed by atoms with van der Waals surface area (Å²) < 4.78 is 60.2. The summed E-state index contributed by atoms with van der Waals surface area (Å²) >= 11 is 0. The van der Waals surface area contributed by atoms with Crippen molar-refractivity contribution >= 4 is 5.97 Å². The summed E-state index contributed by atoms with van der Waals surface area (Å²) in [5.41, 5.74) is -2.55. The van der Waals surface area contributed by atoms with Crippen molar-refractivity contribution in [2.24, 2.45) is 17.8 Å². The quantitative estimate of drug-likeness (QED) is 0.126. The van der Waals surface area contributed by atoms with E-state index in [0.29, 0.717) is 37.2 Å². The summed E-state index contributed by atoms with van der Waals surface area (Å²) in [6.07, 6.45) is -2.48. The molecular formula is C53H86FN5O13. The normalized spacial score (nSPS) is 39.9. The minimum atomic E-state index is -1.85. The van der Waals surface area contributed by atoms with E-state index in [-0.39, 0.29) is 25.2 Å². The zero-order valence-corrected chi connectivity index (χ0v) is 45.1. The number of halogens is 1. The van der Waals surface area contributed by atoms with Crippen molar-refractivity contribution < 1.29 is 67.9 Å². The number of hydrogen-bond donors (Lipinski definition) is 5. The smallest absolute Gasteiger partial charge is 0.311 e. The van der Waals surface area contributed by atoms with E-state index in [4.69, 9.17) is 39.6 Å². The molecule has 19 heteroatoms. The van der Waals surface area contributed by atoms with Crippen LogP contribution in [0.2, 0.25) is 0 Å². The number of nitrogens with zero attached hydrogens (tertiary/aromatic N) is 5. The van der Waals surface area contributed by atoms with E-state index in [2.05, 4.69) is 16.2 Å². The first-order valence-corrected chi connectivity index (χ1v) is 25.6. The highest BCUT2D eigenvalue weighted by atomic mass is 19.1. The van der Waals surface area contributed by atoms with Crippen LogP contribution in [0.15, 0.2) is 30.5 Å². The summed E-state index contributed by atoms with van der Waals surface area (Å²) in [4.78, 5) is 18.4. The van der Waals surface area contributed by atoms with Crippen molar-refractivity contribution in [2.75, 3.05) is 48.1 Å². The third kappa shape index (κ3) is 13.6. The standard InChI is InChI=1S/C53H86FN5O13/c1-16-36-18-20-37(21-19-36)45(66-14)40(27-54)59-29-38(55-56-59)22-23-57(12)39-24-31(4)68-50(43(39)60)72-48-32(5)44(71-42-26-52(10,67-15)47(62)35(8)69-42)33(6)49(63)70-41(17-2)53(11,65)46(61)34(7)58(13)28-30(3)25-51(48,9)64/h1,18-21,29-35,39-48,50,60-62,64-65H,17,22-28H2,2-15H3/t30-,31-,32+,33-,34-,35+,39+,40-,41-,42+,43-,44+,45-,46-,47+,48-,50+,51-,52-,53-/m1/s1. The molecule has 0 saturated carbocycles. The number of esters is 1. The first-order chi connectivity index (χ1) is 33.8. The number of hydrogen-bond acceptors (Lipinski definition) is 17. The van der Waals surface area contributed by atoms with Crippen LogP contribution < -0.4 is 0 Å². The van der Waals surface area contributed by atoms with Crippen molar-refractivity contribution in [2.45, 2.75) is 204 Å². The zero-order valence-electron chi connectivity index (χ0n) is 45.1. The maximum absolute atomic E-state index is 14.7. The first kappa shape index (κ1) is 59.7. The molecule has 0 radical (unpaired) electrons. The Bertz CT molecular complexity index is 2060. The lowest BCUT2D eigenvalue weighted by Crippen LogP contribution is -2.61. The minimum absolute atomic E-state index is 0.0835. The number of rotatable bonds is 15. The van der Waals surface area contributed by atoms with Gasteiger partial charge in [-0.25, -0.2) is 9.07 Å². The maximum atomic E-state index is 14.7. The van der Waals surface area contributed by atoms with Gasteiger partial charge in [0.1, 0.15) is 48.8 Å². The van der Waals surface area contributed by atoms with Crippen molar-refractivity contribution in [3.05, 3.63) is 47.3 Å². The number of alkyl halides is 1. The molecule has 72 heavy (non-hydrogen) atoms. The first-order valence-electron chi connectivity index (χ1n) is 25.6. The van der Waals surface area contributed by atoms with Crippen LogP contribution in [0, 0.1) is 30.1 Å². The van der Waals surface area contributed by atoms with Crippen molar-refractivity contribution in [3.63, 3.8) is 0 Å². The second-order valence-corrected chi connectivity index (χ2v) is 21.8. The largest absolute Gasteiger partial charge is 0.459 e. The van der Waals surface area contributed by atoms with E-state index in [1.807, 2.05) is 49.9 Å². The summed E-state index contributed by atoms with van der Waals surface area (Å²) in [6, 6.07) is 5.29. The fraction of sp³-hybridized carbons (Fsp3) is 0.792. The van der Waals surface area contributed by atoms with Gasteiger partial charge in [0.2, 0.25) is 0 Å². The summed E-state index contributed by atoms with van der Waals surface area (Å²) in [5.74, 6) is -0.292. The Morgan fingerprint density at radius 2 is 1.67 bits per heavy atom. The fourth-order valence-electron chi connectivity index (χ4n) is 11.3. The number of carbonyl (C=O) groups is 1. The summed E-state index contributed by atoms with van der Waals surface area (Å²) in [5, 5.41) is 68.4. The highest BCUT2D eigenvalue weighted by Gasteiger charge is 2.53. The van der Waals surface area contributed by atoms with Gasteiger partial charge in [0, 0.05) is 69.9 Å². The zero-order chi connectivity index (χ0) is 53.6. The molecule has 0 aliphatic carbocycles. The van der Waals surface area contributed by atoms with Gasteiger partial charge in [-0.15, -0.1) is 11.5 Å². The van der Waals surface area contributed by atoms with Crippen molar-refractivity contribution in [1.82, 2.24) is 24.8 Å². The molecule has 2 aromatic rings. The lowest BCUT2D eigenvalue weighted by molar-refractivity contribution is -0.318. The van der Waals surface area contributed by atoms with Gasteiger partial charge in [-0.1, -0.05) is 44.0 Å². The van der Waals surface area contributed by atoms with E-state index in [1.54, 1.807) is 66.8 Å². The van der Waals surface area contributed by atoms with Crippen LogP contribution in [0.5, 0.6) is 0 Å². The number of ether oxygens (including phenoxy) is 7. The topological polar surface area (TPSA) is 220 Å². The van der Waals surface area contributed by atoms with Gasteiger partial charge in [0.25, 0.3) is 0 Å². The second-order valence-electron chi connectivity index (χ2n) is 21.8. The lowest BCUT2D eigenvalue weighted by Gasteiger charge is -2.49. The highest BCUT2D eigenvalue weighted by Crippen LogP contribution is 2.40. The Kier molecular flexibility index (Phi) is 20.8. The number of cyclic esters (lactones) is 1. The number of carbonyl (C=O) groups excluding carboxylic acids is 1. The molecule has 3 fully saturated rings. The van der Waals surface area contributed by atoms with Gasteiger partial charge in [-0.05, 0) is 105 Å². The SMILES string of the molecule is C#Cc1ccc([C@@H](OC)[C@@H](CF)n2cc(CCN(C)[C@H]3C[C@@H](C)O[C@@H](O[C@@H]4[C@@H](C)[C@H](O[C@H]5C[C@@](C)(OC)[C@@H](O)[C@H](C)O5)[C@@H](C)C(=O)O[C@H](CC)[C@@](C)(O)[C@H](O)[C@@H](C)N(C)C[C@H](C)C[C@@]4(C)O)[C@@H]3O)nn2)cc1. The minimum Gasteiger partial charge on any atom is -0.459 e.